The largest absolute Gasteiger partial charge is 0.457 e. The molecule has 38 heavy (non-hydrogen) atoms. The number of nitrogens with one attached hydrogen (secondary N) is 2. The number of thiophene rings is 1. The van der Waals surface area contributed by atoms with E-state index in [1.54, 1.807) is 11.1 Å². The highest BCUT2D eigenvalue weighted by molar-refractivity contribution is 7.21. The summed E-state index contributed by atoms with van der Waals surface area (Å²) in [6.45, 7) is 3.94. The van der Waals surface area contributed by atoms with E-state index in [1.807, 2.05) is 61.5 Å². The molecule has 4 aromatic rings. The van der Waals surface area contributed by atoms with Crippen LogP contribution in [0.25, 0.3) is 10.2 Å². The molecule has 4 heterocycles. The van der Waals surface area contributed by atoms with Crippen LogP contribution in [0.3, 0.4) is 0 Å². The zero-order chi connectivity index (χ0) is 26.2. The van der Waals surface area contributed by atoms with Gasteiger partial charge in [-0.15, -0.1) is 11.3 Å². The smallest absolute Gasteiger partial charge is 0.331 e. The van der Waals surface area contributed by atoms with E-state index in [1.165, 1.54) is 11.3 Å². The molecule has 3 amide bonds. The lowest BCUT2D eigenvalue weighted by atomic mass is 10.1. The van der Waals surface area contributed by atoms with Gasteiger partial charge in [-0.1, -0.05) is 18.2 Å². The molecule has 0 bridgehead atoms. The number of carbonyl (C=O) groups is 2. The second-order valence-corrected chi connectivity index (χ2v) is 10.8. The van der Waals surface area contributed by atoms with Gasteiger partial charge in [-0.25, -0.2) is 9.78 Å². The molecule has 1 unspecified atom stereocenters. The van der Waals surface area contributed by atoms with Crippen molar-refractivity contribution in [2.45, 2.75) is 32.2 Å². The molecule has 2 aliphatic heterocycles. The lowest BCUT2D eigenvalue weighted by Crippen LogP contribution is -2.37. The van der Waals surface area contributed by atoms with Gasteiger partial charge in [-0.2, -0.15) is 0 Å². The number of ether oxygens (including phenoxy) is 1. The minimum absolute atomic E-state index is 0.118. The van der Waals surface area contributed by atoms with Crippen molar-refractivity contribution in [2.24, 2.45) is 0 Å². The maximum absolute atomic E-state index is 13.5. The molecule has 8 nitrogen and oxygen atoms in total. The van der Waals surface area contributed by atoms with Gasteiger partial charge in [0.2, 0.25) is 0 Å². The number of pyridine rings is 1. The molecule has 1 atom stereocenters. The van der Waals surface area contributed by atoms with E-state index in [9.17, 15) is 9.59 Å². The number of aromatic nitrogens is 1. The minimum atomic E-state index is -0.312. The third-order valence-electron chi connectivity index (χ3n) is 7.13. The fourth-order valence-electron chi connectivity index (χ4n) is 5.19. The lowest BCUT2D eigenvalue weighted by Gasteiger charge is -2.29. The first-order valence-electron chi connectivity index (χ1n) is 12.8. The molecular weight excluding hydrogens is 498 g/mol. The average Bonchev–Trinajstić information content (AvgIpc) is 3.15. The van der Waals surface area contributed by atoms with Crippen LogP contribution in [-0.2, 0) is 0 Å². The molecule has 9 heteroatoms. The summed E-state index contributed by atoms with van der Waals surface area (Å²) in [5, 5.41) is 6.99. The van der Waals surface area contributed by atoms with E-state index >= 15 is 0 Å². The number of para-hydroxylation sites is 1. The topological polar surface area (TPSA) is 86.8 Å². The molecule has 1 fully saturated rings. The fourth-order valence-corrected chi connectivity index (χ4v) is 6.21. The Labute approximate surface area is 225 Å². The SMILES string of the molecule is Cc1cc(Oc2ccccc2)ccc1N1C(=O)Nc2c(C(=O)NC3CCCN(C)CC3)sc3nccc1c23. The molecule has 2 aliphatic rings. The highest BCUT2D eigenvalue weighted by atomic mass is 32.1. The second-order valence-electron chi connectivity index (χ2n) is 9.85. The highest BCUT2D eigenvalue weighted by Gasteiger charge is 2.33. The Hall–Kier alpha value is -3.95. The summed E-state index contributed by atoms with van der Waals surface area (Å²) in [7, 11) is 2.11. The Balaban J connectivity index is 1.31. The van der Waals surface area contributed by atoms with Crippen LogP contribution in [0.2, 0.25) is 0 Å². The summed E-state index contributed by atoms with van der Waals surface area (Å²) in [6, 6.07) is 16.9. The molecule has 2 N–H and O–H groups in total. The summed E-state index contributed by atoms with van der Waals surface area (Å²) in [4.78, 5) is 36.6. The Bertz CT molecular complexity index is 1520. The maximum atomic E-state index is 13.5. The van der Waals surface area contributed by atoms with Crippen LogP contribution in [0.1, 0.15) is 34.5 Å². The summed E-state index contributed by atoms with van der Waals surface area (Å²) in [6.07, 6.45) is 4.60. The third-order valence-corrected chi connectivity index (χ3v) is 8.22. The standard InChI is InChI=1S/C29H29N5O3S/c1-18-17-21(37-20-8-4-3-5-9-20)10-11-22(18)34-23-12-14-30-28-24(23)25(32-29(34)36)26(38-28)27(35)31-19-7-6-15-33(2)16-13-19/h3-5,8-12,14,17,19H,6-7,13,15-16H2,1-2H3,(H,31,35)(H,32,36). The molecule has 2 aromatic heterocycles. The fraction of sp³-hybridized carbons (Fsp3) is 0.276. The molecule has 2 aromatic carbocycles. The van der Waals surface area contributed by atoms with E-state index in [2.05, 4.69) is 27.6 Å². The molecule has 0 spiro atoms. The molecular formula is C29H29N5O3S. The molecule has 0 radical (unpaired) electrons. The van der Waals surface area contributed by atoms with Crippen molar-refractivity contribution in [3.05, 3.63) is 71.2 Å². The first-order chi connectivity index (χ1) is 18.5. The van der Waals surface area contributed by atoms with Gasteiger partial charge in [0.05, 0.1) is 22.4 Å². The van der Waals surface area contributed by atoms with Crippen molar-refractivity contribution < 1.29 is 14.3 Å². The molecule has 6 rings (SSSR count). The van der Waals surface area contributed by atoms with E-state index in [0.717, 1.165) is 59.6 Å². The predicted molar refractivity (Wildman–Crippen MR) is 151 cm³/mol. The minimum Gasteiger partial charge on any atom is -0.457 e. The maximum Gasteiger partial charge on any atom is 0.331 e. The third kappa shape index (κ3) is 4.59. The number of hydrogen-bond acceptors (Lipinski definition) is 6. The zero-order valence-electron chi connectivity index (χ0n) is 21.4. The van der Waals surface area contributed by atoms with Gasteiger partial charge in [0.1, 0.15) is 21.2 Å². The van der Waals surface area contributed by atoms with E-state index in [0.29, 0.717) is 22.0 Å². The second kappa shape index (κ2) is 10.1. The first kappa shape index (κ1) is 24.4. The highest BCUT2D eigenvalue weighted by Crippen LogP contribution is 2.46. The van der Waals surface area contributed by atoms with Gasteiger partial charge in [0.15, 0.2) is 0 Å². The van der Waals surface area contributed by atoms with Crippen molar-refractivity contribution in [1.29, 1.82) is 0 Å². The number of aryl methyl sites for hydroxylation is 1. The van der Waals surface area contributed by atoms with E-state index in [-0.39, 0.29) is 18.0 Å². The zero-order valence-corrected chi connectivity index (χ0v) is 22.2. The number of hydrogen-bond donors (Lipinski definition) is 2. The van der Waals surface area contributed by atoms with Crippen molar-refractivity contribution in [1.82, 2.24) is 15.2 Å². The monoisotopic (exact) mass is 527 g/mol. The summed E-state index contributed by atoms with van der Waals surface area (Å²) in [5.41, 5.74) is 2.87. The van der Waals surface area contributed by atoms with Gasteiger partial charge in [0, 0.05) is 12.2 Å². The lowest BCUT2D eigenvalue weighted by molar-refractivity contribution is 0.0938. The van der Waals surface area contributed by atoms with Crippen LogP contribution >= 0.6 is 11.3 Å². The number of urea groups is 1. The molecule has 1 saturated heterocycles. The van der Waals surface area contributed by atoms with Crippen LogP contribution in [-0.4, -0.2) is 48.0 Å². The molecule has 194 valence electrons. The van der Waals surface area contributed by atoms with Crippen molar-refractivity contribution in [3.8, 4) is 11.5 Å². The summed E-state index contributed by atoms with van der Waals surface area (Å²) in [5.74, 6) is 1.28. The van der Waals surface area contributed by atoms with E-state index in [4.69, 9.17) is 4.74 Å². The Morgan fingerprint density at radius 1 is 1.08 bits per heavy atom. The van der Waals surface area contributed by atoms with Crippen LogP contribution in [0.15, 0.2) is 60.8 Å². The van der Waals surface area contributed by atoms with Crippen LogP contribution in [0.4, 0.5) is 21.9 Å². The van der Waals surface area contributed by atoms with Gasteiger partial charge in [-0.3, -0.25) is 9.69 Å². The van der Waals surface area contributed by atoms with Crippen molar-refractivity contribution >= 4 is 50.6 Å². The van der Waals surface area contributed by atoms with Crippen molar-refractivity contribution in [2.75, 3.05) is 30.4 Å². The number of carbonyl (C=O) groups excluding carboxylic acids is 2. The molecule has 0 aliphatic carbocycles. The van der Waals surface area contributed by atoms with E-state index < -0.39 is 0 Å². The summed E-state index contributed by atoms with van der Waals surface area (Å²) < 4.78 is 5.97. The number of amides is 3. The van der Waals surface area contributed by atoms with Crippen LogP contribution in [0, 0.1) is 6.92 Å². The normalized spacial score (nSPS) is 17.7. The van der Waals surface area contributed by atoms with Crippen LogP contribution in [0.5, 0.6) is 11.5 Å². The van der Waals surface area contributed by atoms with Gasteiger partial charge < -0.3 is 20.3 Å². The Morgan fingerprint density at radius 3 is 2.74 bits per heavy atom. The quantitative estimate of drug-likeness (QED) is 0.318. The Morgan fingerprint density at radius 2 is 1.92 bits per heavy atom. The number of likely N-dealkylation sites (tertiary alicyclic amines) is 1. The number of anilines is 3. The van der Waals surface area contributed by atoms with Crippen molar-refractivity contribution in [3.63, 3.8) is 0 Å². The first-order valence-corrected chi connectivity index (χ1v) is 13.6. The predicted octanol–water partition coefficient (Wildman–Crippen LogP) is 6.29. The average molecular weight is 528 g/mol. The Kier molecular flexibility index (Phi) is 6.47. The van der Waals surface area contributed by atoms with Gasteiger partial charge in [-0.05, 0) is 88.3 Å². The van der Waals surface area contributed by atoms with Gasteiger partial charge >= 0.3 is 6.03 Å². The molecule has 0 saturated carbocycles. The number of benzene rings is 2. The van der Waals surface area contributed by atoms with Crippen LogP contribution < -0.4 is 20.3 Å². The number of rotatable bonds is 5. The van der Waals surface area contributed by atoms with Gasteiger partial charge in [0.25, 0.3) is 5.91 Å². The summed E-state index contributed by atoms with van der Waals surface area (Å²) >= 11 is 1.32. The number of nitrogens with zero attached hydrogens (tertiary/aromatic N) is 3.